The first kappa shape index (κ1) is 18.5. The highest BCUT2D eigenvalue weighted by atomic mass is 31.2. The Bertz CT molecular complexity index is 698. The number of hydrogen-bond acceptors (Lipinski definition) is 4. The van der Waals surface area contributed by atoms with Gasteiger partial charge in [0.25, 0.3) is 0 Å². The van der Waals surface area contributed by atoms with E-state index in [1.165, 1.54) is 0 Å². The van der Waals surface area contributed by atoms with Crippen LogP contribution in [0.3, 0.4) is 0 Å². The van der Waals surface area contributed by atoms with Crippen LogP contribution in [0.4, 0.5) is 5.69 Å². The summed E-state index contributed by atoms with van der Waals surface area (Å²) in [5.74, 6) is 0. The van der Waals surface area contributed by atoms with Crippen molar-refractivity contribution in [1.82, 2.24) is 0 Å². The Kier molecular flexibility index (Phi) is 6.80. The van der Waals surface area contributed by atoms with Crippen molar-refractivity contribution in [3.63, 3.8) is 0 Å². The molecule has 0 heterocycles. The SMILES string of the molecule is CCOP(=O)(Cc1ccc(/C=C/c2ccc(N)cc2)cc1)OCC. The quantitative estimate of drug-likeness (QED) is 0.405. The van der Waals surface area contributed by atoms with E-state index in [0.29, 0.717) is 13.2 Å². The van der Waals surface area contributed by atoms with Crippen molar-refractivity contribution in [3.05, 3.63) is 65.2 Å². The van der Waals surface area contributed by atoms with Crippen molar-refractivity contribution in [2.24, 2.45) is 0 Å². The molecule has 2 aromatic rings. The van der Waals surface area contributed by atoms with Gasteiger partial charge in [0.1, 0.15) is 0 Å². The van der Waals surface area contributed by atoms with Crippen molar-refractivity contribution in [2.75, 3.05) is 18.9 Å². The monoisotopic (exact) mass is 345 g/mol. The summed E-state index contributed by atoms with van der Waals surface area (Å²) in [5.41, 5.74) is 9.52. The van der Waals surface area contributed by atoms with E-state index < -0.39 is 7.60 Å². The molecule has 0 unspecified atom stereocenters. The lowest BCUT2D eigenvalue weighted by Crippen LogP contribution is -1.99. The zero-order valence-corrected chi connectivity index (χ0v) is 15.0. The Morgan fingerprint density at radius 1 is 0.875 bits per heavy atom. The molecule has 0 aliphatic carbocycles. The summed E-state index contributed by atoms with van der Waals surface area (Å²) >= 11 is 0. The largest absolute Gasteiger partial charge is 0.399 e. The van der Waals surface area contributed by atoms with E-state index in [9.17, 15) is 4.57 Å². The number of nitrogen functional groups attached to an aromatic ring is 1. The minimum Gasteiger partial charge on any atom is -0.399 e. The number of rotatable bonds is 8. The van der Waals surface area contributed by atoms with Crippen molar-refractivity contribution in [3.8, 4) is 0 Å². The predicted molar refractivity (Wildman–Crippen MR) is 101 cm³/mol. The molecule has 24 heavy (non-hydrogen) atoms. The minimum atomic E-state index is -3.05. The van der Waals surface area contributed by atoms with Crippen LogP contribution in [0.25, 0.3) is 12.2 Å². The average molecular weight is 345 g/mol. The lowest BCUT2D eigenvalue weighted by molar-refractivity contribution is 0.219. The maximum absolute atomic E-state index is 12.5. The van der Waals surface area contributed by atoms with E-state index in [1.807, 2.05) is 74.5 Å². The number of anilines is 1. The third-order valence-electron chi connectivity index (χ3n) is 3.41. The van der Waals surface area contributed by atoms with Crippen LogP contribution in [0, 0.1) is 0 Å². The van der Waals surface area contributed by atoms with Crippen LogP contribution in [0.5, 0.6) is 0 Å². The van der Waals surface area contributed by atoms with E-state index >= 15 is 0 Å². The molecule has 0 aromatic heterocycles. The zero-order valence-electron chi connectivity index (χ0n) is 14.1. The van der Waals surface area contributed by atoms with Crippen LogP contribution in [0.1, 0.15) is 30.5 Å². The summed E-state index contributed by atoms with van der Waals surface area (Å²) in [6.07, 6.45) is 4.34. The molecule has 2 N–H and O–H groups in total. The highest BCUT2D eigenvalue weighted by Gasteiger charge is 2.23. The van der Waals surface area contributed by atoms with Crippen LogP contribution >= 0.6 is 7.60 Å². The zero-order chi connectivity index (χ0) is 17.4. The smallest absolute Gasteiger partial charge is 0.335 e. The van der Waals surface area contributed by atoms with Gasteiger partial charge in [-0.05, 0) is 42.7 Å². The molecule has 128 valence electrons. The molecular weight excluding hydrogens is 321 g/mol. The first-order valence-electron chi connectivity index (χ1n) is 8.05. The van der Waals surface area contributed by atoms with E-state index in [1.54, 1.807) is 0 Å². The summed E-state index contributed by atoms with van der Waals surface area (Å²) < 4.78 is 23.2. The number of benzene rings is 2. The summed E-state index contributed by atoms with van der Waals surface area (Å²) in [4.78, 5) is 0. The molecule has 0 bridgehead atoms. The van der Waals surface area contributed by atoms with Gasteiger partial charge in [-0.2, -0.15) is 0 Å². The fraction of sp³-hybridized carbons (Fsp3) is 0.263. The van der Waals surface area contributed by atoms with Crippen LogP contribution in [-0.2, 0) is 19.8 Å². The van der Waals surface area contributed by atoms with Crippen molar-refractivity contribution < 1.29 is 13.6 Å². The van der Waals surface area contributed by atoms with Gasteiger partial charge in [0.15, 0.2) is 0 Å². The molecule has 0 radical (unpaired) electrons. The molecule has 0 spiro atoms. The molecule has 2 aromatic carbocycles. The molecular formula is C19H24NO3P. The fourth-order valence-electron chi connectivity index (χ4n) is 2.28. The van der Waals surface area contributed by atoms with Gasteiger partial charge in [-0.3, -0.25) is 4.57 Å². The maximum Gasteiger partial charge on any atom is 0.335 e. The molecule has 0 atom stereocenters. The number of nitrogens with two attached hydrogens (primary N) is 1. The lowest BCUT2D eigenvalue weighted by Gasteiger charge is -2.16. The van der Waals surface area contributed by atoms with E-state index in [2.05, 4.69) is 0 Å². The second kappa shape index (κ2) is 8.84. The first-order valence-corrected chi connectivity index (χ1v) is 9.78. The highest BCUT2D eigenvalue weighted by Crippen LogP contribution is 2.51. The topological polar surface area (TPSA) is 61.5 Å². The van der Waals surface area contributed by atoms with E-state index in [-0.39, 0.29) is 6.16 Å². The summed E-state index contributed by atoms with van der Waals surface area (Å²) in [7, 11) is -3.05. The second-order valence-corrected chi connectivity index (χ2v) is 7.40. The Hall–Kier alpha value is -1.87. The predicted octanol–water partition coefficient (Wildman–Crippen LogP) is 5.21. The van der Waals surface area contributed by atoms with Crippen molar-refractivity contribution in [2.45, 2.75) is 20.0 Å². The Morgan fingerprint density at radius 3 is 1.79 bits per heavy atom. The van der Waals surface area contributed by atoms with E-state index in [0.717, 1.165) is 22.4 Å². The highest BCUT2D eigenvalue weighted by molar-refractivity contribution is 7.53. The van der Waals surface area contributed by atoms with Gasteiger partial charge in [0.2, 0.25) is 0 Å². The van der Waals surface area contributed by atoms with Gasteiger partial charge in [0.05, 0.1) is 19.4 Å². The maximum atomic E-state index is 12.5. The molecule has 2 rings (SSSR count). The van der Waals surface area contributed by atoms with Gasteiger partial charge in [-0.1, -0.05) is 48.6 Å². The van der Waals surface area contributed by atoms with Crippen molar-refractivity contribution in [1.29, 1.82) is 0 Å². The van der Waals surface area contributed by atoms with E-state index in [4.69, 9.17) is 14.8 Å². The lowest BCUT2D eigenvalue weighted by atomic mass is 10.1. The molecule has 0 amide bonds. The third-order valence-corrected chi connectivity index (χ3v) is 5.47. The minimum absolute atomic E-state index is 0.288. The van der Waals surface area contributed by atoms with Gasteiger partial charge in [0, 0.05) is 5.69 Å². The fourth-order valence-corrected chi connectivity index (χ4v) is 3.98. The van der Waals surface area contributed by atoms with Crippen LogP contribution in [-0.4, -0.2) is 13.2 Å². The molecule has 0 fully saturated rings. The molecule has 4 nitrogen and oxygen atoms in total. The van der Waals surface area contributed by atoms with Gasteiger partial charge in [-0.25, -0.2) is 0 Å². The average Bonchev–Trinajstić information content (AvgIpc) is 2.56. The summed E-state index contributed by atoms with van der Waals surface area (Å²) in [5, 5.41) is 0. The van der Waals surface area contributed by atoms with Crippen LogP contribution in [0.15, 0.2) is 48.5 Å². The van der Waals surface area contributed by atoms with Crippen LogP contribution < -0.4 is 5.73 Å². The third kappa shape index (κ3) is 5.64. The Labute approximate surface area is 143 Å². The molecule has 0 aliphatic rings. The van der Waals surface area contributed by atoms with Crippen LogP contribution in [0.2, 0.25) is 0 Å². The molecule has 0 saturated heterocycles. The summed E-state index contributed by atoms with van der Waals surface area (Å²) in [6.45, 7) is 4.38. The standard InChI is InChI=1S/C19H24NO3P/c1-3-22-24(21,23-4-2)15-18-9-7-16(8-10-18)5-6-17-11-13-19(20)14-12-17/h5-14H,3-4,15,20H2,1-2H3/b6-5+. The Balaban J connectivity index is 2.04. The van der Waals surface area contributed by atoms with Gasteiger partial charge >= 0.3 is 7.60 Å². The van der Waals surface area contributed by atoms with Gasteiger partial charge in [-0.15, -0.1) is 0 Å². The first-order chi connectivity index (χ1) is 11.5. The summed E-state index contributed by atoms with van der Waals surface area (Å²) in [6, 6.07) is 15.6. The second-order valence-electron chi connectivity index (χ2n) is 5.35. The Morgan fingerprint density at radius 2 is 1.33 bits per heavy atom. The van der Waals surface area contributed by atoms with Gasteiger partial charge < -0.3 is 14.8 Å². The molecule has 0 saturated carbocycles. The molecule has 5 heteroatoms. The number of hydrogen-bond donors (Lipinski definition) is 1. The normalized spacial score (nSPS) is 11.9. The van der Waals surface area contributed by atoms with Crippen molar-refractivity contribution >= 4 is 25.4 Å². The molecule has 0 aliphatic heterocycles.